The molecule has 20 heavy (non-hydrogen) atoms. The van der Waals surface area contributed by atoms with Gasteiger partial charge in [0.2, 0.25) is 0 Å². The molecule has 1 N–H and O–H groups in total. The molecule has 102 valence electrons. The number of nitrogens with zero attached hydrogens (tertiary/aromatic N) is 1. The summed E-state index contributed by atoms with van der Waals surface area (Å²) in [6.07, 6.45) is 0. The molecule has 0 aliphatic carbocycles. The molecule has 2 heterocycles. The lowest BCUT2D eigenvalue weighted by atomic mass is 10.2. The number of hydrogen-bond acceptors (Lipinski definition) is 3. The van der Waals surface area contributed by atoms with Gasteiger partial charge in [-0.3, -0.25) is 4.79 Å². The number of halogens is 2. The van der Waals surface area contributed by atoms with Crippen LogP contribution >= 0.6 is 23.6 Å². The maximum atomic E-state index is 14.2. The van der Waals surface area contributed by atoms with Gasteiger partial charge in [0.1, 0.15) is 16.2 Å². The van der Waals surface area contributed by atoms with E-state index in [0.29, 0.717) is 10.2 Å². The van der Waals surface area contributed by atoms with Crippen LogP contribution < -0.4 is 5.56 Å². The normalized spacial score (nSPS) is 11.2. The molecule has 7 heteroatoms. The van der Waals surface area contributed by atoms with Gasteiger partial charge in [0.05, 0.1) is 5.52 Å². The second kappa shape index (κ2) is 4.60. The maximum absolute atomic E-state index is 14.2. The highest BCUT2D eigenvalue weighted by atomic mass is 32.1. The highest BCUT2D eigenvalue weighted by Crippen LogP contribution is 2.21. The zero-order chi connectivity index (χ0) is 14.4. The Hall–Kier alpha value is -1.86. The van der Waals surface area contributed by atoms with E-state index in [1.807, 2.05) is 0 Å². The zero-order valence-corrected chi connectivity index (χ0v) is 11.9. The molecule has 3 aromatic rings. The number of hydrogen-bond donors (Lipinski definition) is 1. The summed E-state index contributed by atoms with van der Waals surface area (Å²) in [5.41, 5.74) is -0.155. The third-order valence-corrected chi connectivity index (χ3v) is 4.18. The molecule has 3 nitrogen and oxygen atoms in total. The third kappa shape index (κ3) is 1.82. The molecule has 0 spiro atoms. The summed E-state index contributed by atoms with van der Waals surface area (Å²) in [7, 11) is 0. The first-order valence-corrected chi connectivity index (χ1v) is 6.97. The molecule has 0 saturated carbocycles. The van der Waals surface area contributed by atoms with Gasteiger partial charge in [-0.25, -0.2) is 13.3 Å². The van der Waals surface area contributed by atoms with Crippen molar-refractivity contribution in [2.24, 2.45) is 0 Å². The van der Waals surface area contributed by atoms with Crippen LogP contribution in [0.25, 0.3) is 15.9 Å². The number of aryl methyl sites for hydroxylation is 1. The van der Waals surface area contributed by atoms with Gasteiger partial charge in [-0.1, -0.05) is 6.07 Å². The maximum Gasteiger partial charge on any atom is 0.277 e. The topological polar surface area (TPSA) is 37.8 Å². The monoisotopic (exact) mass is 310 g/mol. The summed E-state index contributed by atoms with van der Waals surface area (Å²) in [5, 5.41) is 1.71. The van der Waals surface area contributed by atoms with Crippen molar-refractivity contribution in [3.05, 3.63) is 55.9 Å². The molecular weight excluding hydrogens is 302 g/mol. The van der Waals surface area contributed by atoms with Gasteiger partial charge in [-0.15, -0.1) is 11.3 Å². The van der Waals surface area contributed by atoms with Gasteiger partial charge >= 0.3 is 0 Å². The third-order valence-electron chi connectivity index (χ3n) is 2.99. The van der Waals surface area contributed by atoms with Gasteiger partial charge < -0.3 is 4.98 Å². The van der Waals surface area contributed by atoms with E-state index in [1.54, 1.807) is 11.4 Å². The fraction of sp³-hybridized carbons (Fsp3) is 0.0769. The van der Waals surface area contributed by atoms with Crippen LogP contribution in [0.4, 0.5) is 8.78 Å². The second-order valence-corrected chi connectivity index (χ2v) is 5.56. The molecule has 0 bridgehead atoms. The van der Waals surface area contributed by atoms with E-state index >= 15 is 0 Å². The molecule has 3 rings (SSSR count). The number of rotatable bonds is 1. The van der Waals surface area contributed by atoms with Crippen LogP contribution in [0.3, 0.4) is 0 Å². The van der Waals surface area contributed by atoms with Crippen LogP contribution in [0.5, 0.6) is 0 Å². The van der Waals surface area contributed by atoms with E-state index in [9.17, 15) is 13.6 Å². The molecule has 0 atom stereocenters. The molecule has 1 aromatic carbocycles. The van der Waals surface area contributed by atoms with Crippen LogP contribution in [-0.2, 0) is 0 Å². The number of aromatic amines is 1. The Morgan fingerprint density at radius 3 is 2.80 bits per heavy atom. The van der Waals surface area contributed by atoms with Crippen LogP contribution in [0.2, 0.25) is 0 Å². The van der Waals surface area contributed by atoms with Crippen LogP contribution in [0.1, 0.15) is 5.56 Å². The summed E-state index contributed by atoms with van der Waals surface area (Å²) >= 11 is 6.25. The Labute approximate surface area is 121 Å². The lowest BCUT2D eigenvalue weighted by Crippen LogP contribution is -2.22. The van der Waals surface area contributed by atoms with Crippen molar-refractivity contribution in [3.63, 3.8) is 0 Å². The Bertz CT molecular complexity index is 940. The van der Waals surface area contributed by atoms with Gasteiger partial charge in [0, 0.05) is 0 Å². The second-order valence-electron chi connectivity index (χ2n) is 4.26. The highest BCUT2D eigenvalue weighted by Gasteiger charge is 2.17. The van der Waals surface area contributed by atoms with Crippen molar-refractivity contribution in [3.8, 4) is 5.69 Å². The quantitative estimate of drug-likeness (QED) is 0.696. The van der Waals surface area contributed by atoms with Gasteiger partial charge in [0.25, 0.3) is 5.56 Å². The molecule has 0 saturated heterocycles. The summed E-state index contributed by atoms with van der Waals surface area (Å²) < 4.78 is 29.3. The van der Waals surface area contributed by atoms with E-state index in [2.05, 4.69) is 4.98 Å². The van der Waals surface area contributed by atoms with E-state index in [1.165, 1.54) is 24.3 Å². The predicted octanol–water partition coefficient (Wildman–Crippen LogP) is 3.70. The minimum Gasteiger partial charge on any atom is -0.331 e. The van der Waals surface area contributed by atoms with E-state index in [0.717, 1.165) is 10.6 Å². The first-order valence-electron chi connectivity index (χ1n) is 5.68. The van der Waals surface area contributed by atoms with Crippen molar-refractivity contribution >= 4 is 33.8 Å². The Morgan fingerprint density at radius 2 is 2.05 bits per heavy atom. The van der Waals surface area contributed by atoms with Crippen molar-refractivity contribution < 1.29 is 8.78 Å². The fourth-order valence-corrected chi connectivity index (χ4v) is 3.05. The van der Waals surface area contributed by atoms with Gasteiger partial charge in [-0.2, -0.15) is 0 Å². The molecule has 0 radical (unpaired) electrons. The van der Waals surface area contributed by atoms with Crippen molar-refractivity contribution in [1.29, 1.82) is 0 Å². The summed E-state index contributed by atoms with van der Waals surface area (Å²) in [4.78, 5) is 15.2. The average molecular weight is 310 g/mol. The van der Waals surface area contributed by atoms with E-state index < -0.39 is 22.9 Å². The summed E-state index contributed by atoms with van der Waals surface area (Å²) in [6.45, 7) is 1.50. The predicted molar refractivity (Wildman–Crippen MR) is 77.3 cm³/mol. The molecule has 0 unspecified atom stereocenters. The van der Waals surface area contributed by atoms with Crippen molar-refractivity contribution in [2.75, 3.05) is 0 Å². The minimum atomic E-state index is -0.828. The number of fused-ring (bicyclic) bond motifs is 1. The van der Waals surface area contributed by atoms with Gasteiger partial charge in [0.15, 0.2) is 10.6 Å². The average Bonchev–Trinajstić information content (AvgIpc) is 2.86. The molecule has 2 aromatic heterocycles. The van der Waals surface area contributed by atoms with Crippen LogP contribution in [0.15, 0.2) is 28.4 Å². The Balaban J connectivity index is 2.51. The minimum absolute atomic E-state index is 0.0377. The fourth-order valence-electron chi connectivity index (χ4n) is 1.99. The number of benzene rings is 1. The summed E-state index contributed by atoms with van der Waals surface area (Å²) in [6, 6.07) is 4.13. The lowest BCUT2D eigenvalue weighted by Gasteiger charge is -2.10. The number of nitrogens with one attached hydrogen (secondary N) is 1. The first kappa shape index (κ1) is 13.1. The highest BCUT2D eigenvalue weighted by molar-refractivity contribution is 7.71. The lowest BCUT2D eigenvalue weighted by molar-refractivity contribution is 0.559. The number of H-pyrrole nitrogens is 1. The van der Waals surface area contributed by atoms with E-state index in [-0.39, 0.29) is 10.3 Å². The van der Waals surface area contributed by atoms with Gasteiger partial charge in [-0.05, 0) is 42.2 Å². The van der Waals surface area contributed by atoms with Crippen LogP contribution in [0, 0.1) is 23.3 Å². The largest absolute Gasteiger partial charge is 0.331 e. The molecular formula is C13H8F2N2OS2. The van der Waals surface area contributed by atoms with E-state index in [4.69, 9.17) is 12.2 Å². The Morgan fingerprint density at radius 1 is 1.30 bits per heavy atom. The molecule has 0 aliphatic heterocycles. The first-order chi connectivity index (χ1) is 9.50. The zero-order valence-electron chi connectivity index (χ0n) is 10.2. The molecule has 0 aliphatic rings. The molecule has 0 amide bonds. The van der Waals surface area contributed by atoms with Crippen LogP contribution in [-0.4, -0.2) is 9.55 Å². The standard InChI is InChI=1S/C13H8F2N2OS2/c1-6-2-3-7(14)10(9(6)15)17-12(18)11-8(4-5-20-11)16-13(17)19/h2-5H,1H3,(H,16,19). The SMILES string of the molecule is Cc1ccc(F)c(-n2c(=S)[nH]c3ccsc3c2=O)c1F. The smallest absolute Gasteiger partial charge is 0.277 e. The Kier molecular flexibility index (Phi) is 3.02. The van der Waals surface area contributed by atoms with Crippen molar-refractivity contribution in [2.45, 2.75) is 6.92 Å². The molecule has 0 fully saturated rings. The number of thiophene rings is 1. The number of aromatic nitrogens is 2. The van der Waals surface area contributed by atoms with Crippen molar-refractivity contribution in [1.82, 2.24) is 9.55 Å². The summed E-state index contributed by atoms with van der Waals surface area (Å²) in [5.74, 6) is -1.62.